The van der Waals surface area contributed by atoms with E-state index in [0.717, 1.165) is 25.1 Å². The number of carbonyl (C=O) groups is 1. The molecular weight excluding hydrogens is 560 g/mol. The molecule has 42 heavy (non-hydrogen) atoms. The van der Waals surface area contributed by atoms with E-state index in [1.165, 1.54) is 23.5 Å². The first-order valence-corrected chi connectivity index (χ1v) is 16.3. The highest BCUT2D eigenvalue weighted by Crippen LogP contribution is 2.34. The molecule has 1 N–H and O–H groups in total. The van der Waals surface area contributed by atoms with Gasteiger partial charge in [-0.3, -0.25) is 4.79 Å². The number of likely N-dealkylation sites (N-methyl/N-ethyl adjacent to an activating group) is 1. The minimum Gasteiger partial charge on any atom is -0.497 e. The molecule has 3 aliphatic rings. The van der Waals surface area contributed by atoms with Crippen LogP contribution in [0.15, 0.2) is 59.5 Å². The van der Waals surface area contributed by atoms with Gasteiger partial charge in [-0.1, -0.05) is 37.3 Å². The van der Waals surface area contributed by atoms with E-state index in [-0.39, 0.29) is 48.8 Å². The SMILES string of the molecule is CCN1CCC(N(C[C@@H](O)[C@@H](CC(=O)O[C@H]2CO[C@H]3OCCC32)Cc2ccccc2)S(=O)(=O)c2ccc(OC)cc2)C1. The van der Waals surface area contributed by atoms with Gasteiger partial charge in [-0.25, -0.2) is 8.42 Å². The Bertz CT molecular complexity index is 1280. The van der Waals surface area contributed by atoms with Crippen molar-refractivity contribution in [2.75, 3.05) is 46.5 Å². The molecule has 0 aliphatic carbocycles. The van der Waals surface area contributed by atoms with Gasteiger partial charge >= 0.3 is 5.97 Å². The molecule has 2 aromatic rings. The average Bonchev–Trinajstić information content (AvgIpc) is 3.75. The van der Waals surface area contributed by atoms with Crippen LogP contribution >= 0.6 is 0 Å². The number of likely N-dealkylation sites (tertiary alicyclic amines) is 1. The number of esters is 1. The predicted molar refractivity (Wildman–Crippen MR) is 155 cm³/mol. The van der Waals surface area contributed by atoms with Gasteiger partial charge in [0.05, 0.1) is 43.7 Å². The molecule has 3 aliphatic heterocycles. The van der Waals surface area contributed by atoms with Crippen molar-refractivity contribution in [2.24, 2.45) is 11.8 Å². The highest BCUT2D eigenvalue weighted by molar-refractivity contribution is 7.89. The number of rotatable bonds is 13. The summed E-state index contributed by atoms with van der Waals surface area (Å²) in [5.74, 6) is -0.419. The van der Waals surface area contributed by atoms with E-state index >= 15 is 0 Å². The third kappa shape index (κ3) is 7.15. The van der Waals surface area contributed by atoms with Gasteiger partial charge in [0.25, 0.3) is 0 Å². The van der Waals surface area contributed by atoms with Crippen molar-refractivity contribution in [3.8, 4) is 5.75 Å². The fourth-order valence-electron chi connectivity index (χ4n) is 6.23. The lowest BCUT2D eigenvalue weighted by molar-refractivity contribution is -0.153. The van der Waals surface area contributed by atoms with E-state index in [4.69, 9.17) is 18.9 Å². The third-order valence-electron chi connectivity index (χ3n) is 8.72. The molecule has 2 unspecified atom stereocenters. The molecule has 3 fully saturated rings. The molecule has 0 aromatic heterocycles. The van der Waals surface area contributed by atoms with Crippen LogP contribution in [0.2, 0.25) is 0 Å². The van der Waals surface area contributed by atoms with Gasteiger partial charge in [-0.2, -0.15) is 4.31 Å². The number of sulfonamides is 1. The summed E-state index contributed by atoms with van der Waals surface area (Å²) in [7, 11) is -2.43. The van der Waals surface area contributed by atoms with Crippen LogP contribution < -0.4 is 4.74 Å². The summed E-state index contributed by atoms with van der Waals surface area (Å²) >= 11 is 0. The maximum atomic E-state index is 14.0. The smallest absolute Gasteiger partial charge is 0.306 e. The average molecular weight is 603 g/mol. The highest BCUT2D eigenvalue weighted by Gasteiger charge is 2.44. The summed E-state index contributed by atoms with van der Waals surface area (Å²) in [5, 5.41) is 11.7. The Hall–Kier alpha value is -2.54. The molecule has 3 heterocycles. The fraction of sp³-hybridized carbons (Fsp3) is 0.581. The number of benzene rings is 2. The molecule has 0 saturated carbocycles. The molecule has 11 heteroatoms. The molecule has 5 rings (SSSR count). The second-order valence-electron chi connectivity index (χ2n) is 11.4. The number of nitrogens with zero attached hydrogens (tertiary/aromatic N) is 2. The van der Waals surface area contributed by atoms with Crippen molar-refractivity contribution in [3.05, 3.63) is 60.2 Å². The molecule has 0 radical (unpaired) electrons. The maximum absolute atomic E-state index is 14.0. The lowest BCUT2D eigenvalue weighted by atomic mass is 9.90. The third-order valence-corrected chi connectivity index (χ3v) is 10.6. The van der Waals surface area contributed by atoms with Crippen molar-refractivity contribution in [1.29, 1.82) is 0 Å². The van der Waals surface area contributed by atoms with Crippen LogP contribution in [-0.4, -0.2) is 99.7 Å². The first-order chi connectivity index (χ1) is 20.3. The quantitative estimate of drug-likeness (QED) is 0.346. The van der Waals surface area contributed by atoms with Crippen LogP contribution in [0.25, 0.3) is 0 Å². The molecule has 0 spiro atoms. The van der Waals surface area contributed by atoms with Crippen molar-refractivity contribution in [2.45, 2.75) is 62.0 Å². The first-order valence-electron chi connectivity index (χ1n) is 14.8. The van der Waals surface area contributed by atoms with E-state index in [9.17, 15) is 18.3 Å². The van der Waals surface area contributed by atoms with E-state index in [0.29, 0.717) is 31.7 Å². The van der Waals surface area contributed by atoms with Crippen LogP contribution in [0.1, 0.15) is 31.7 Å². The van der Waals surface area contributed by atoms with Crippen molar-refractivity contribution in [1.82, 2.24) is 9.21 Å². The number of hydrogen-bond donors (Lipinski definition) is 1. The summed E-state index contributed by atoms with van der Waals surface area (Å²) in [6.07, 6.45) is -0.0448. The van der Waals surface area contributed by atoms with Gasteiger partial charge < -0.3 is 29.0 Å². The Balaban J connectivity index is 1.36. The number of carbonyl (C=O) groups excluding carboxylic acids is 1. The van der Waals surface area contributed by atoms with Crippen LogP contribution in [0.4, 0.5) is 0 Å². The van der Waals surface area contributed by atoms with Crippen molar-refractivity contribution in [3.63, 3.8) is 0 Å². The van der Waals surface area contributed by atoms with Gasteiger partial charge in [-0.15, -0.1) is 0 Å². The number of fused-ring (bicyclic) bond motifs is 1. The molecular formula is C31H42N2O8S. The minimum atomic E-state index is -3.96. The Morgan fingerprint density at radius 3 is 2.57 bits per heavy atom. The van der Waals surface area contributed by atoms with E-state index in [1.54, 1.807) is 12.1 Å². The molecule has 2 aromatic carbocycles. The monoisotopic (exact) mass is 602 g/mol. The zero-order valence-electron chi connectivity index (χ0n) is 24.3. The van der Waals surface area contributed by atoms with Gasteiger partial charge in [0.15, 0.2) is 6.29 Å². The van der Waals surface area contributed by atoms with Crippen molar-refractivity contribution < 1.29 is 37.3 Å². The van der Waals surface area contributed by atoms with E-state index in [2.05, 4.69) is 11.8 Å². The van der Waals surface area contributed by atoms with E-state index in [1.807, 2.05) is 30.3 Å². The summed E-state index contributed by atoms with van der Waals surface area (Å²) in [6.45, 7) is 4.96. The molecule has 6 atom stereocenters. The Morgan fingerprint density at radius 2 is 1.88 bits per heavy atom. The summed E-state index contributed by atoms with van der Waals surface area (Å²) < 4.78 is 51.7. The second kappa shape index (κ2) is 13.8. The Labute approximate surface area is 248 Å². The van der Waals surface area contributed by atoms with Crippen LogP contribution in [0.3, 0.4) is 0 Å². The largest absolute Gasteiger partial charge is 0.497 e. The molecule has 230 valence electrons. The van der Waals surface area contributed by atoms with Crippen LogP contribution in [0.5, 0.6) is 5.75 Å². The van der Waals surface area contributed by atoms with Gasteiger partial charge in [0.1, 0.15) is 11.9 Å². The zero-order chi connectivity index (χ0) is 29.7. The van der Waals surface area contributed by atoms with E-state index < -0.39 is 28.0 Å². The standard InChI is InChI=1S/C31H42N2O8S/c1-3-32-15-13-24(19-32)33(42(36,37)26-11-9-25(38-2)10-12-26)20-28(34)23(17-22-7-5-4-6-8-22)18-30(35)41-29-21-40-31-27(29)14-16-39-31/h4-12,23-24,27-29,31,34H,3,13-21H2,1-2H3/t23-,24?,27?,28-,29+,31-/m1/s1. The minimum absolute atomic E-state index is 0.0143. The topological polar surface area (TPSA) is 115 Å². The molecule has 0 bridgehead atoms. The van der Waals surface area contributed by atoms with Crippen LogP contribution in [0, 0.1) is 11.8 Å². The molecule has 3 saturated heterocycles. The zero-order valence-corrected chi connectivity index (χ0v) is 25.2. The number of aliphatic hydroxyl groups excluding tert-OH is 1. The normalized spacial score (nSPS) is 25.8. The number of ether oxygens (including phenoxy) is 4. The maximum Gasteiger partial charge on any atom is 0.306 e. The number of methoxy groups -OCH3 is 1. The fourth-order valence-corrected chi connectivity index (χ4v) is 7.90. The Kier molecular flexibility index (Phi) is 10.2. The summed E-state index contributed by atoms with van der Waals surface area (Å²) in [5.41, 5.74) is 0.949. The Morgan fingerprint density at radius 1 is 1.12 bits per heavy atom. The number of hydrogen-bond acceptors (Lipinski definition) is 9. The molecule has 0 amide bonds. The summed E-state index contributed by atoms with van der Waals surface area (Å²) in [6, 6.07) is 15.6. The molecule has 10 nitrogen and oxygen atoms in total. The summed E-state index contributed by atoms with van der Waals surface area (Å²) in [4.78, 5) is 15.6. The van der Waals surface area contributed by atoms with Gasteiger partial charge in [0.2, 0.25) is 10.0 Å². The lowest BCUT2D eigenvalue weighted by Crippen LogP contribution is -2.48. The highest BCUT2D eigenvalue weighted by atomic mass is 32.2. The second-order valence-corrected chi connectivity index (χ2v) is 13.3. The van der Waals surface area contributed by atoms with Gasteiger partial charge in [-0.05, 0) is 62.2 Å². The number of aliphatic hydroxyl groups is 1. The first kappa shape index (κ1) is 30.9. The van der Waals surface area contributed by atoms with Crippen molar-refractivity contribution >= 4 is 16.0 Å². The lowest BCUT2D eigenvalue weighted by Gasteiger charge is -2.33. The van der Waals surface area contributed by atoms with Crippen LogP contribution in [-0.2, 0) is 35.4 Å². The van der Waals surface area contributed by atoms with Gasteiger partial charge in [0, 0.05) is 25.0 Å². The predicted octanol–water partition coefficient (Wildman–Crippen LogP) is 2.69.